The molecule has 4 saturated heterocycles. The third kappa shape index (κ3) is 7.12. The Bertz CT molecular complexity index is 1090. The van der Waals surface area contributed by atoms with Crippen molar-refractivity contribution in [2.45, 2.75) is 121 Å². The van der Waals surface area contributed by atoms with Crippen LogP contribution in [0.25, 0.3) is 0 Å². The molecule has 0 aromatic heterocycles. The third-order valence-corrected chi connectivity index (χ3v) is 7.37. The summed E-state index contributed by atoms with van der Waals surface area (Å²) in [5.74, 6) is -2.99. The highest BCUT2D eigenvalue weighted by Gasteiger charge is 2.61. The van der Waals surface area contributed by atoms with Crippen molar-refractivity contribution in [3.05, 3.63) is 35.9 Å². The van der Waals surface area contributed by atoms with Crippen LogP contribution in [0.4, 0.5) is 0 Å². The molecule has 0 aliphatic carbocycles. The van der Waals surface area contributed by atoms with Crippen LogP contribution in [0.1, 0.15) is 47.1 Å². The lowest BCUT2D eigenvalue weighted by Crippen LogP contribution is -2.63. The van der Waals surface area contributed by atoms with Gasteiger partial charge in [-0.05, 0) is 33.3 Å². The molecule has 234 valence electrons. The van der Waals surface area contributed by atoms with Crippen LogP contribution in [0.15, 0.2) is 30.3 Å². The first kappa shape index (κ1) is 31.2. The molecule has 5 unspecified atom stereocenters. The van der Waals surface area contributed by atoms with Crippen LogP contribution < -0.4 is 0 Å². The van der Waals surface area contributed by atoms with Gasteiger partial charge in [0.05, 0.1) is 13.2 Å². The number of aliphatic hydroxyl groups is 1. The van der Waals surface area contributed by atoms with Crippen LogP contribution in [0.2, 0.25) is 0 Å². The van der Waals surface area contributed by atoms with Crippen LogP contribution in [0.3, 0.4) is 0 Å². The molecule has 5 rings (SSSR count). The Hall–Kier alpha value is -2.20. The van der Waals surface area contributed by atoms with Gasteiger partial charge in [0.25, 0.3) is 0 Å². The van der Waals surface area contributed by atoms with Gasteiger partial charge in [0.1, 0.15) is 49.3 Å². The van der Waals surface area contributed by atoms with Crippen molar-refractivity contribution >= 4 is 11.9 Å². The maximum absolute atomic E-state index is 12.2. The van der Waals surface area contributed by atoms with Gasteiger partial charge in [-0.2, -0.15) is 0 Å². The van der Waals surface area contributed by atoms with E-state index in [0.717, 1.165) is 5.56 Å². The van der Waals surface area contributed by atoms with E-state index in [1.165, 1.54) is 13.8 Å². The molecule has 4 fully saturated rings. The molecule has 1 aromatic rings. The van der Waals surface area contributed by atoms with E-state index in [4.69, 9.17) is 47.4 Å². The Kier molecular flexibility index (Phi) is 9.24. The Morgan fingerprint density at radius 2 is 1.64 bits per heavy atom. The van der Waals surface area contributed by atoms with E-state index in [-0.39, 0.29) is 19.8 Å². The molecule has 0 amide bonds. The molecule has 13 nitrogen and oxygen atoms in total. The maximum atomic E-state index is 12.2. The van der Waals surface area contributed by atoms with Gasteiger partial charge in [-0.25, -0.2) is 0 Å². The summed E-state index contributed by atoms with van der Waals surface area (Å²) in [6, 6.07) is 9.35. The van der Waals surface area contributed by atoms with Gasteiger partial charge in [-0.1, -0.05) is 30.3 Å². The smallest absolute Gasteiger partial charge is 0.303 e. The largest absolute Gasteiger partial charge is 0.463 e. The zero-order valence-corrected chi connectivity index (χ0v) is 24.6. The SMILES string of the molecule is CC(=O)OCC1O[C@H](OC2C3OC(C)(C)O[C@H]3O[C@@H]2[C@H]2COC(C)(C)O2)C(OCc2ccccc2)C(OC(C)=O)[C@@H]1O. The predicted molar refractivity (Wildman–Crippen MR) is 140 cm³/mol. The molecule has 42 heavy (non-hydrogen) atoms. The van der Waals surface area contributed by atoms with E-state index in [9.17, 15) is 14.7 Å². The highest BCUT2D eigenvalue weighted by molar-refractivity contribution is 5.66. The first-order valence-corrected chi connectivity index (χ1v) is 14.1. The summed E-state index contributed by atoms with van der Waals surface area (Å²) >= 11 is 0. The van der Waals surface area contributed by atoms with Crippen molar-refractivity contribution in [2.75, 3.05) is 13.2 Å². The van der Waals surface area contributed by atoms with E-state index in [1.807, 2.05) is 30.3 Å². The summed E-state index contributed by atoms with van der Waals surface area (Å²) in [5.41, 5.74) is 0.838. The van der Waals surface area contributed by atoms with Crippen molar-refractivity contribution < 1.29 is 62.1 Å². The highest BCUT2D eigenvalue weighted by atomic mass is 16.9. The van der Waals surface area contributed by atoms with E-state index in [2.05, 4.69) is 0 Å². The van der Waals surface area contributed by atoms with Gasteiger partial charge in [0.15, 0.2) is 30.3 Å². The molecule has 4 aliphatic heterocycles. The number of rotatable bonds is 9. The van der Waals surface area contributed by atoms with Gasteiger partial charge < -0.3 is 52.5 Å². The topological polar surface area (TPSA) is 147 Å². The van der Waals surface area contributed by atoms with Crippen LogP contribution in [0.5, 0.6) is 0 Å². The minimum absolute atomic E-state index is 0.102. The second-order valence-corrected chi connectivity index (χ2v) is 11.7. The van der Waals surface area contributed by atoms with Crippen LogP contribution in [0, 0.1) is 0 Å². The lowest BCUT2D eigenvalue weighted by molar-refractivity contribution is -0.334. The van der Waals surface area contributed by atoms with Crippen molar-refractivity contribution in [2.24, 2.45) is 0 Å². The normalized spacial score (nSPS) is 38.6. The fraction of sp³-hybridized carbons (Fsp3) is 0.724. The zero-order chi connectivity index (χ0) is 30.2. The Morgan fingerprint density at radius 1 is 0.905 bits per heavy atom. The molecule has 10 atom stereocenters. The Morgan fingerprint density at radius 3 is 2.29 bits per heavy atom. The maximum Gasteiger partial charge on any atom is 0.303 e. The van der Waals surface area contributed by atoms with Crippen LogP contribution in [-0.2, 0) is 63.6 Å². The lowest BCUT2D eigenvalue weighted by atomic mass is 9.98. The molecular formula is C29H40O13. The molecule has 0 bridgehead atoms. The molecule has 4 aliphatic rings. The van der Waals surface area contributed by atoms with Gasteiger partial charge in [0, 0.05) is 13.8 Å². The molecule has 0 saturated carbocycles. The average Bonchev–Trinajstić information content (AvgIpc) is 3.53. The summed E-state index contributed by atoms with van der Waals surface area (Å²) in [7, 11) is 0. The summed E-state index contributed by atoms with van der Waals surface area (Å²) in [6.45, 7) is 9.64. The second kappa shape index (κ2) is 12.4. The molecule has 4 heterocycles. The lowest BCUT2D eigenvalue weighted by Gasteiger charge is -2.44. The molecule has 0 spiro atoms. The molecule has 1 aromatic carbocycles. The van der Waals surface area contributed by atoms with Gasteiger partial charge >= 0.3 is 11.9 Å². The quantitative estimate of drug-likeness (QED) is 0.412. The van der Waals surface area contributed by atoms with Gasteiger partial charge in [0.2, 0.25) is 0 Å². The third-order valence-electron chi connectivity index (χ3n) is 7.37. The first-order chi connectivity index (χ1) is 19.8. The van der Waals surface area contributed by atoms with Crippen LogP contribution >= 0.6 is 0 Å². The van der Waals surface area contributed by atoms with Crippen molar-refractivity contribution in [1.29, 1.82) is 0 Å². The number of carbonyl (C=O) groups is 2. The number of fused-ring (bicyclic) bond motifs is 1. The number of hydrogen-bond donors (Lipinski definition) is 1. The standard InChI is InChI=1S/C29H40O13/c1-15(30)33-13-18-20(32)22(36-16(2)31)24(34-12-17-10-8-7-9-11-17)26(37-18)39-23-21(19-14-35-28(3,4)40-19)38-27-25(23)41-29(5,6)42-27/h7-11,18-27,32H,12-14H2,1-6H3/t18?,19-,20-,21-,22?,23?,24?,25?,26-,27-/m1/s1. The molecule has 0 radical (unpaired) electrons. The molecular weight excluding hydrogens is 556 g/mol. The minimum atomic E-state index is -1.39. The van der Waals surface area contributed by atoms with Gasteiger partial charge in [-0.3, -0.25) is 9.59 Å². The monoisotopic (exact) mass is 596 g/mol. The van der Waals surface area contributed by atoms with Crippen molar-refractivity contribution in [3.63, 3.8) is 0 Å². The molecule has 1 N–H and O–H groups in total. The number of carbonyl (C=O) groups excluding carboxylic acids is 2. The highest BCUT2D eigenvalue weighted by Crippen LogP contribution is 2.43. The summed E-state index contributed by atoms with van der Waals surface area (Å²) in [6.07, 6.45) is -9.49. The predicted octanol–water partition coefficient (Wildman–Crippen LogP) is 1.57. The number of aliphatic hydroxyl groups excluding tert-OH is 1. The fourth-order valence-corrected chi connectivity index (χ4v) is 5.60. The van der Waals surface area contributed by atoms with Gasteiger partial charge in [-0.15, -0.1) is 0 Å². The van der Waals surface area contributed by atoms with Crippen LogP contribution in [-0.4, -0.2) is 103 Å². The summed E-state index contributed by atoms with van der Waals surface area (Å²) < 4.78 is 60.0. The second-order valence-electron chi connectivity index (χ2n) is 11.7. The Labute approximate surface area is 244 Å². The summed E-state index contributed by atoms with van der Waals surface area (Å²) in [4.78, 5) is 23.8. The number of hydrogen-bond acceptors (Lipinski definition) is 13. The van der Waals surface area contributed by atoms with E-state index < -0.39 is 84.9 Å². The van der Waals surface area contributed by atoms with E-state index in [1.54, 1.807) is 27.7 Å². The zero-order valence-electron chi connectivity index (χ0n) is 24.6. The number of ether oxygens (including phenoxy) is 10. The Balaban J connectivity index is 1.45. The summed E-state index contributed by atoms with van der Waals surface area (Å²) in [5, 5.41) is 11.2. The van der Waals surface area contributed by atoms with Crippen molar-refractivity contribution in [3.8, 4) is 0 Å². The van der Waals surface area contributed by atoms with Crippen molar-refractivity contribution in [1.82, 2.24) is 0 Å². The first-order valence-electron chi connectivity index (χ1n) is 14.1. The van der Waals surface area contributed by atoms with E-state index >= 15 is 0 Å². The number of esters is 2. The minimum Gasteiger partial charge on any atom is -0.463 e. The molecule has 13 heteroatoms. The average molecular weight is 597 g/mol. The van der Waals surface area contributed by atoms with E-state index in [0.29, 0.717) is 0 Å². The fourth-order valence-electron chi connectivity index (χ4n) is 5.60. The number of benzene rings is 1.